The fourth-order valence-corrected chi connectivity index (χ4v) is 1.48. The number of hydrogen-bond acceptors (Lipinski definition) is 5. The van der Waals surface area contributed by atoms with Crippen molar-refractivity contribution in [1.82, 2.24) is 4.98 Å². The average molecular weight is 247 g/mol. The van der Waals surface area contributed by atoms with Crippen molar-refractivity contribution in [2.45, 2.75) is 18.6 Å². The maximum Gasteiger partial charge on any atom is 0.237 e. The van der Waals surface area contributed by atoms with E-state index in [1.807, 2.05) is 0 Å². The minimum Gasteiger partial charge on any atom is -0.480 e. The second kappa shape index (κ2) is 5.89. The molecule has 0 amide bonds. The summed E-state index contributed by atoms with van der Waals surface area (Å²) in [6.45, 7) is 0. The van der Waals surface area contributed by atoms with Gasteiger partial charge in [-0.15, -0.1) is 11.6 Å². The molecule has 2 unspecified atom stereocenters. The summed E-state index contributed by atoms with van der Waals surface area (Å²) >= 11 is 5.48. The van der Waals surface area contributed by atoms with Crippen LogP contribution in [0.25, 0.3) is 0 Å². The van der Waals surface area contributed by atoms with Gasteiger partial charge in [-0.2, -0.15) is 0 Å². The highest BCUT2D eigenvalue weighted by molar-refractivity contribution is 6.17. The van der Waals surface area contributed by atoms with Crippen molar-refractivity contribution in [3.05, 3.63) is 17.8 Å². The summed E-state index contributed by atoms with van der Waals surface area (Å²) in [6.07, 6.45) is -1.75. The number of ether oxygens (including phenoxy) is 1. The smallest absolute Gasteiger partial charge is 0.237 e. The van der Waals surface area contributed by atoms with E-state index in [9.17, 15) is 10.2 Å². The number of anilines is 1. The lowest BCUT2D eigenvalue weighted by atomic mass is 10.1. The second-order valence-corrected chi connectivity index (χ2v) is 3.70. The number of aliphatic hydroxyl groups is 2. The van der Waals surface area contributed by atoms with Crippen LogP contribution < -0.4 is 10.5 Å². The minimum absolute atomic E-state index is 0.231. The number of halogens is 1. The van der Waals surface area contributed by atoms with Crippen LogP contribution in [0, 0.1) is 0 Å². The largest absolute Gasteiger partial charge is 0.480 e. The Morgan fingerprint density at radius 3 is 2.75 bits per heavy atom. The molecule has 0 aliphatic carbocycles. The summed E-state index contributed by atoms with van der Waals surface area (Å²) in [5.41, 5.74) is 6.27. The minimum atomic E-state index is -1.09. The van der Waals surface area contributed by atoms with E-state index in [0.717, 1.165) is 0 Å². The van der Waals surface area contributed by atoms with Crippen LogP contribution in [0.15, 0.2) is 12.1 Å². The Balaban J connectivity index is 2.87. The third-order valence-corrected chi connectivity index (χ3v) is 2.40. The van der Waals surface area contributed by atoms with Gasteiger partial charge in [-0.05, 0) is 18.6 Å². The van der Waals surface area contributed by atoms with Crippen LogP contribution in [0.4, 0.5) is 5.69 Å². The highest BCUT2D eigenvalue weighted by Crippen LogP contribution is 2.23. The number of pyridine rings is 1. The number of nitrogen functional groups attached to an aromatic ring is 1. The normalized spacial score (nSPS) is 14.5. The summed E-state index contributed by atoms with van der Waals surface area (Å²) in [6, 6.07) is 3.11. The van der Waals surface area contributed by atoms with Gasteiger partial charge in [0.15, 0.2) is 0 Å². The molecular formula is C10H15ClN2O3. The number of aliphatic hydroxyl groups excluding tert-OH is 2. The van der Waals surface area contributed by atoms with E-state index < -0.39 is 12.2 Å². The van der Waals surface area contributed by atoms with Gasteiger partial charge < -0.3 is 20.7 Å². The van der Waals surface area contributed by atoms with E-state index in [1.54, 1.807) is 12.1 Å². The molecule has 1 aromatic heterocycles. The van der Waals surface area contributed by atoms with Crippen molar-refractivity contribution < 1.29 is 14.9 Å². The third-order valence-electron chi connectivity index (χ3n) is 2.18. The fraction of sp³-hybridized carbons (Fsp3) is 0.500. The molecule has 4 N–H and O–H groups in total. The number of methoxy groups -OCH3 is 1. The van der Waals surface area contributed by atoms with Gasteiger partial charge in [0.1, 0.15) is 6.10 Å². The number of nitrogens with zero attached hydrogens (tertiary/aromatic N) is 1. The summed E-state index contributed by atoms with van der Waals surface area (Å²) in [4.78, 5) is 3.99. The SMILES string of the molecule is COc1nc(C(O)C(O)CCCl)ccc1N. The van der Waals surface area contributed by atoms with Gasteiger partial charge in [-0.3, -0.25) is 0 Å². The molecule has 0 spiro atoms. The molecule has 0 bridgehead atoms. The molecule has 5 nitrogen and oxygen atoms in total. The van der Waals surface area contributed by atoms with Crippen LogP contribution in [0.5, 0.6) is 5.88 Å². The maximum atomic E-state index is 9.76. The van der Waals surface area contributed by atoms with Gasteiger partial charge in [-0.1, -0.05) is 0 Å². The van der Waals surface area contributed by atoms with Crippen LogP contribution in [-0.4, -0.2) is 34.3 Å². The summed E-state index contributed by atoms with van der Waals surface area (Å²) in [5.74, 6) is 0.499. The quantitative estimate of drug-likeness (QED) is 0.666. The van der Waals surface area contributed by atoms with E-state index in [0.29, 0.717) is 11.4 Å². The Morgan fingerprint density at radius 1 is 1.50 bits per heavy atom. The Labute approximate surface area is 98.8 Å². The van der Waals surface area contributed by atoms with Crippen LogP contribution in [0.2, 0.25) is 0 Å². The van der Waals surface area contributed by atoms with E-state index in [2.05, 4.69) is 4.98 Å². The maximum absolute atomic E-state index is 9.76. The molecule has 0 saturated carbocycles. The lowest BCUT2D eigenvalue weighted by Crippen LogP contribution is -2.20. The molecule has 0 aliphatic heterocycles. The first-order valence-electron chi connectivity index (χ1n) is 4.82. The fourth-order valence-electron chi connectivity index (χ4n) is 1.26. The van der Waals surface area contributed by atoms with Crippen molar-refractivity contribution in [2.75, 3.05) is 18.7 Å². The van der Waals surface area contributed by atoms with Crippen molar-refractivity contribution >= 4 is 17.3 Å². The van der Waals surface area contributed by atoms with Crippen LogP contribution in [0.1, 0.15) is 18.2 Å². The molecule has 1 aromatic rings. The zero-order valence-corrected chi connectivity index (χ0v) is 9.68. The van der Waals surface area contributed by atoms with Gasteiger partial charge in [0.25, 0.3) is 0 Å². The van der Waals surface area contributed by atoms with Crippen molar-refractivity contribution in [3.8, 4) is 5.88 Å². The molecule has 1 heterocycles. The molecule has 0 aliphatic rings. The molecule has 16 heavy (non-hydrogen) atoms. The molecular weight excluding hydrogens is 232 g/mol. The number of aromatic nitrogens is 1. The molecule has 90 valence electrons. The van der Waals surface area contributed by atoms with Gasteiger partial charge in [0, 0.05) is 5.88 Å². The molecule has 6 heteroatoms. The standard InChI is InChI=1S/C10H15ClN2O3/c1-16-10-6(12)2-3-7(13-10)9(15)8(14)4-5-11/h2-3,8-9,14-15H,4-5,12H2,1H3. The zero-order valence-electron chi connectivity index (χ0n) is 8.93. The summed E-state index contributed by atoms with van der Waals surface area (Å²) in [7, 11) is 1.43. The Hall–Kier alpha value is -1.04. The predicted molar refractivity (Wildman–Crippen MR) is 61.5 cm³/mol. The van der Waals surface area contributed by atoms with E-state index >= 15 is 0 Å². The lowest BCUT2D eigenvalue weighted by molar-refractivity contribution is 0.0142. The summed E-state index contributed by atoms with van der Waals surface area (Å²) in [5, 5.41) is 19.3. The van der Waals surface area contributed by atoms with Crippen molar-refractivity contribution in [3.63, 3.8) is 0 Å². The molecule has 1 rings (SSSR count). The third kappa shape index (κ3) is 2.98. The molecule has 0 radical (unpaired) electrons. The Kier molecular flexibility index (Phi) is 4.79. The van der Waals surface area contributed by atoms with Crippen LogP contribution in [-0.2, 0) is 0 Å². The van der Waals surface area contributed by atoms with Crippen molar-refractivity contribution in [1.29, 1.82) is 0 Å². The number of hydrogen-bond donors (Lipinski definition) is 3. The Morgan fingerprint density at radius 2 is 2.19 bits per heavy atom. The molecule has 2 atom stereocenters. The first kappa shape index (κ1) is 13.0. The second-order valence-electron chi connectivity index (χ2n) is 3.32. The number of nitrogens with two attached hydrogens (primary N) is 1. The molecule has 0 fully saturated rings. The van der Waals surface area contributed by atoms with Gasteiger partial charge in [0.05, 0.1) is 24.6 Å². The van der Waals surface area contributed by atoms with E-state index in [1.165, 1.54) is 7.11 Å². The monoisotopic (exact) mass is 246 g/mol. The van der Waals surface area contributed by atoms with Gasteiger partial charge in [-0.25, -0.2) is 4.98 Å². The summed E-state index contributed by atoms with van der Waals surface area (Å²) < 4.78 is 4.92. The number of rotatable bonds is 5. The first-order valence-corrected chi connectivity index (χ1v) is 5.36. The van der Waals surface area contributed by atoms with E-state index in [4.69, 9.17) is 22.1 Å². The van der Waals surface area contributed by atoms with Crippen molar-refractivity contribution in [2.24, 2.45) is 0 Å². The zero-order chi connectivity index (χ0) is 12.1. The Bertz CT molecular complexity index is 349. The first-order chi connectivity index (χ1) is 7.60. The highest BCUT2D eigenvalue weighted by atomic mass is 35.5. The van der Waals surface area contributed by atoms with Gasteiger partial charge >= 0.3 is 0 Å². The van der Waals surface area contributed by atoms with E-state index in [-0.39, 0.29) is 18.2 Å². The number of alkyl halides is 1. The highest BCUT2D eigenvalue weighted by Gasteiger charge is 2.20. The van der Waals surface area contributed by atoms with Gasteiger partial charge in [0.2, 0.25) is 5.88 Å². The molecule has 0 saturated heterocycles. The average Bonchev–Trinajstić information content (AvgIpc) is 2.29. The predicted octanol–water partition coefficient (Wildman–Crippen LogP) is 0.696. The van der Waals surface area contributed by atoms with Crippen LogP contribution in [0.3, 0.4) is 0 Å². The lowest BCUT2D eigenvalue weighted by Gasteiger charge is -2.17. The topological polar surface area (TPSA) is 88.6 Å². The molecule has 0 aromatic carbocycles. The van der Waals surface area contributed by atoms with Crippen LogP contribution >= 0.6 is 11.6 Å².